The van der Waals surface area contributed by atoms with Gasteiger partial charge in [-0.3, -0.25) is 10.1 Å². The first kappa shape index (κ1) is 20.5. The molecule has 3 aromatic carbocycles. The molecule has 0 fully saturated rings. The first-order valence-electron chi connectivity index (χ1n) is 10.3. The Morgan fingerprint density at radius 2 is 1.55 bits per heavy atom. The number of pyridine rings is 1. The van der Waals surface area contributed by atoms with Gasteiger partial charge in [0, 0.05) is 23.0 Å². The zero-order chi connectivity index (χ0) is 22.8. The Morgan fingerprint density at radius 1 is 0.818 bits per heavy atom. The van der Waals surface area contributed by atoms with E-state index in [9.17, 15) is 13.6 Å². The van der Waals surface area contributed by atoms with Crippen molar-refractivity contribution in [2.45, 2.75) is 5.54 Å². The third-order valence-electron chi connectivity index (χ3n) is 5.49. The zero-order valence-corrected chi connectivity index (χ0v) is 17.3. The maximum atomic E-state index is 14.8. The fourth-order valence-corrected chi connectivity index (χ4v) is 3.91. The number of amides is 1. The summed E-state index contributed by atoms with van der Waals surface area (Å²) in [6.07, 6.45) is 1.26. The van der Waals surface area contributed by atoms with Gasteiger partial charge in [0.05, 0.1) is 0 Å². The Kier molecular flexibility index (Phi) is 5.14. The molecule has 2 N–H and O–H groups in total. The lowest BCUT2D eigenvalue weighted by Gasteiger charge is -2.25. The molecule has 0 saturated heterocycles. The summed E-state index contributed by atoms with van der Waals surface area (Å²) in [6.45, 7) is 0. The minimum Gasteiger partial charge on any atom is -0.326 e. The van der Waals surface area contributed by atoms with E-state index in [-0.39, 0.29) is 17.4 Å². The zero-order valence-electron chi connectivity index (χ0n) is 17.3. The van der Waals surface area contributed by atoms with Crippen LogP contribution in [0.25, 0.3) is 11.1 Å². The number of nitrogens with one attached hydrogen (secondary N) is 2. The molecule has 162 valence electrons. The standard InChI is InChI=1S/C26H18F2N4O/c27-22-13-12-19(15-21(22)17-11-14-23(28)29-16-17)26(18-7-3-1-4-8-18)24(33)31-25(32-26)30-20-9-5-2-6-10-20/h1-16H,(H2,30,31,32,33). The highest BCUT2D eigenvalue weighted by atomic mass is 19.1. The van der Waals surface area contributed by atoms with Crippen LogP contribution in [0.2, 0.25) is 0 Å². The fourth-order valence-electron chi connectivity index (χ4n) is 3.91. The summed E-state index contributed by atoms with van der Waals surface area (Å²) in [6, 6.07) is 25.4. The predicted molar refractivity (Wildman–Crippen MR) is 122 cm³/mol. The van der Waals surface area contributed by atoms with Gasteiger partial charge in [0.25, 0.3) is 5.91 Å². The molecule has 0 aliphatic carbocycles. The number of hydrogen-bond acceptors (Lipinski definition) is 4. The monoisotopic (exact) mass is 440 g/mol. The second-order valence-corrected chi connectivity index (χ2v) is 7.55. The number of hydrogen-bond donors (Lipinski definition) is 2. The largest absolute Gasteiger partial charge is 0.326 e. The smallest absolute Gasteiger partial charge is 0.264 e. The Labute approximate surface area is 188 Å². The molecule has 1 unspecified atom stereocenters. The van der Waals surface area contributed by atoms with Gasteiger partial charge >= 0.3 is 0 Å². The topological polar surface area (TPSA) is 66.4 Å². The van der Waals surface area contributed by atoms with Crippen LogP contribution in [0.3, 0.4) is 0 Å². The first-order chi connectivity index (χ1) is 16.1. The highest BCUT2D eigenvalue weighted by Crippen LogP contribution is 2.39. The van der Waals surface area contributed by atoms with E-state index in [1.807, 2.05) is 48.5 Å². The number of nitrogens with zero attached hydrogens (tertiary/aromatic N) is 2. The van der Waals surface area contributed by atoms with Gasteiger partial charge in [-0.25, -0.2) is 14.4 Å². The predicted octanol–water partition coefficient (Wildman–Crippen LogP) is 4.87. The maximum Gasteiger partial charge on any atom is 0.264 e. The molecular formula is C26H18F2N4O. The number of carbonyl (C=O) groups is 1. The van der Waals surface area contributed by atoms with Crippen LogP contribution < -0.4 is 10.6 Å². The second-order valence-electron chi connectivity index (χ2n) is 7.55. The maximum absolute atomic E-state index is 14.8. The van der Waals surface area contributed by atoms with Crippen molar-refractivity contribution in [3.8, 4) is 11.1 Å². The Morgan fingerprint density at radius 3 is 2.24 bits per heavy atom. The van der Waals surface area contributed by atoms with E-state index < -0.39 is 17.3 Å². The van der Waals surface area contributed by atoms with E-state index in [0.717, 1.165) is 11.8 Å². The van der Waals surface area contributed by atoms with E-state index in [0.29, 0.717) is 16.7 Å². The molecule has 1 aromatic heterocycles. The highest BCUT2D eigenvalue weighted by Gasteiger charge is 2.47. The minimum absolute atomic E-state index is 0.197. The summed E-state index contributed by atoms with van der Waals surface area (Å²) >= 11 is 0. The molecule has 0 radical (unpaired) electrons. The third kappa shape index (κ3) is 3.74. The average Bonchev–Trinajstić information content (AvgIpc) is 3.17. The number of anilines is 1. The van der Waals surface area contributed by atoms with Crippen molar-refractivity contribution < 1.29 is 13.6 Å². The summed E-state index contributed by atoms with van der Waals surface area (Å²) < 4.78 is 28.1. The molecule has 2 heterocycles. The Bertz CT molecular complexity index is 1340. The first-order valence-corrected chi connectivity index (χ1v) is 10.3. The molecule has 7 heteroatoms. The SMILES string of the molecule is O=C1NC(Nc2ccccc2)=NC1(c1ccccc1)c1ccc(F)c(-c2ccc(F)nc2)c1. The Hall–Kier alpha value is -4.39. The quantitative estimate of drug-likeness (QED) is 0.445. The van der Waals surface area contributed by atoms with Crippen molar-refractivity contribution in [2.75, 3.05) is 5.32 Å². The molecule has 0 saturated carbocycles. The lowest BCUT2D eigenvalue weighted by Crippen LogP contribution is -2.39. The number of para-hydroxylation sites is 1. The van der Waals surface area contributed by atoms with Crippen molar-refractivity contribution in [1.82, 2.24) is 10.3 Å². The number of guanidine groups is 1. The van der Waals surface area contributed by atoms with Gasteiger partial charge in [-0.15, -0.1) is 0 Å². The van der Waals surface area contributed by atoms with Crippen LogP contribution in [0.15, 0.2) is 102 Å². The number of halogens is 2. The van der Waals surface area contributed by atoms with Crippen molar-refractivity contribution in [3.63, 3.8) is 0 Å². The number of aromatic nitrogens is 1. The number of aliphatic imine (C=N–C) groups is 1. The van der Waals surface area contributed by atoms with Gasteiger partial charge < -0.3 is 5.32 Å². The van der Waals surface area contributed by atoms with Crippen molar-refractivity contribution >= 4 is 17.6 Å². The Balaban J connectivity index is 1.66. The summed E-state index contributed by atoms with van der Waals surface area (Å²) in [5.74, 6) is -1.26. The van der Waals surface area contributed by atoms with Crippen LogP contribution in [0, 0.1) is 11.8 Å². The normalized spacial score (nSPS) is 17.4. The molecule has 1 aliphatic heterocycles. The fraction of sp³-hybridized carbons (Fsp3) is 0.0385. The van der Waals surface area contributed by atoms with Crippen LogP contribution in [0.1, 0.15) is 11.1 Å². The number of rotatable bonds is 4. The van der Waals surface area contributed by atoms with Gasteiger partial charge in [0.2, 0.25) is 11.9 Å². The molecule has 0 bridgehead atoms. The van der Waals surface area contributed by atoms with Crippen LogP contribution in [-0.4, -0.2) is 16.9 Å². The van der Waals surface area contributed by atoms with Gasteiger partial charge in [-0.2, -0.15) is 4.39 Å². The van der Waals surface area contributed by atoms with E-state index in [4.69, 9.17) is 4.99 Å². The summed E-state index contributed by atoms with van der Waals surface area (Å²) in [5, 5.41) is 5.94. The van der Waals surface area contributed by atoms with E-state index in [1.54, 1.807) is 18.2 Å². The van der Waals surface area contributed by atoms with Crippen molar-refractivity contribution in [2.24, 2.45) is 4.99 Å². The number of benzene rings is 3. The third-order valence-corrected chi connectivity index (χ3v) is 5.49. The van der Waals surface area contributed by atoms with Crippen LogP contribution in [0.4, 0.5) is 14.5 Å². The lowest BCUT2D eigenvalue weighted by molar-refractivity contribution is -0.122. The van der Waals surface area contributed by atoms with E-state index in [1.165, 1.54) is 24.4 Å². The molecule has 1 aliphatic rings. The summed E-state index contributed by atoms with van der Waals surface area (Å²) in [5.41, 5.74) is 1.01. The molecule has 1 amide bonds. The molecular weight excluding hydrogens is 422 g/mol. The van der Waals surface area contributed by atoms with Gasteiger partial charge in [-0.1, -0.05) is 54.6 Å². The summed E-state index contributed by atoms with van der Waals surface area (Å²) in [7, 11) is 0. The average molecular weight is 440 g/mol. The van der Waals surface area contributed by atoms with Crippen LogP contribution in [0.5, 0.6) is 0 Å². The highest BCUT2D eigenvalue weighted by molar-refractivity contribution is 6.14. The van der Waals surface area contributed by atoms with E-state index in [2.05, 4.69) is 15.6 Å². The van der Waals surface area contributed by atoms with Crippen molar-refractivity contribution in [3.05, 3.63) is 120 Å². The van der Waals surface area contributed by atoms with Crippen LogP contribution >= 0.6 is 0 Å². The minimum atomic E-state index is -1.44. The molecule has 1 atom stereocenters. The van der Waals surface area contributed by atoms with Gasteiger partial charge in [0.1, 0.15) is 5.82 Å². The van der Waals surface area contributed by atoms with Gasteiger partial charge in [0.15, 0.2) is 5.54 Å². The van der Waals surface area contributed by atoms with Gasteiger partial charge in [-0.05, 0) is 47.5 Å². The lowest BCUT2D eigenvalue weighted by atomic mass is 9.82. The molecule has 0 spiro atoms. The van der Waals surface area contributed by atoms with Crippen molar-refractivity contribution in [1.29, 1.82) is 0 Å². The van der Waals surface area contributed by atoms with Crippen LogP contribution in [-0.2, 0) is 10.3 Å². The summed E-state index contributed by atoms with van der Waals surface area (Å²) in [4.78, 5) is 21.8. The second kappa shape index (κ2) is 8.27. The molecule has 33 heavy (non-hydrogen) atoms. The van der Waals surface area contributed by atoms with E-state index >= 15 is 0 Å². The molecule has 4 aromatic rings. The molecule has 5 rings (SSSR count). The number of carbonyl (C=O) groups excluding carboxylic acids is 1. The molecule has 5 nitrogen and oxygen atoms in total.